The molecule has 1 fully saturated rings. The van der Waals surface area contributed by atoms with E-state index < -0.39 is 11.6 Å². The van der Waals surface area contributed by atoms with Crippen LogP contribution >= 0.6 is 11.6 Å². The van der Waals surface area contributed by atoms with E-state index in [1.807, 2.05) is 24.3 Å². The number of hydrogen-bond acceptors (Lipinski definition) is 5. The van der Waals surface area contributed by atoms with Gasteiger partial charge in [-0.2, -0.15) is 0 Å². The molecule has 0 bridgehead atoms. The number of benzene rings is 1. The van der Waals surface area contributed by atoms with Crippen LogP contribution in [0.1, 0.15) is 29.4 Å². The van der Waals surface area contributed by atoms with Crippen LogP contribution in [0.4, 0.5) is 0 Å². The Labute approximate surface area is 174 Å². The smallest absolute Gasteiger partial charge is 0.356 e. The summed E-state index contributed by atoms with van der Waals surface area (Å²) in [5.41, 5.74) is 0.994. The van der Waals surface area contributed by atoms with Crippen molar-refractivity contribution < 1.29 is 19.1 Å². The van der Waals surface area contributed by atoms with E-state index in [0.29, 0.717) is 29.2 Å². The Bertz CT molecular complexity index is 1010. The number of hydrogen-bond donors (Lipinski definition) is 0. The van der Waals surface area contributed by atoms with Gasteiger partial charge in [0.25, 0.3) is 5.91 Å². The number of halogens is 1. The molecule has 2 heterocycles. The molecule has 1 aliphatic rings. The number of esters is 1. The van der Waals surface area contributed by atoms with Gasteiger partial charge in [-0.05, 0) is 31.2 Å². The molecule has 1 saturated heterocycles. The number of aromatic nitrogens is 1. The fourth-order valence-electron chi connectivity index (χ4n) is 3.08. The monoisotopic (exact) mass is 412 g/mol. The van der Waals surface area contributed by atoms with Crippen molar-refractivity contribution in [1.82, 2.24) is 9.88 Å². The zero-order valence-corrected chi connectivity index (χ0v) is 17.2. The standard InChI is InChI=1S/C22H21ClN2O4/c1-4-29-20(26)19-14-17(23)13-18(24-19)16-7-5-6-15(12-16)8-9-22(28-3)10-11-25(2)21(22)27/h5-7,12-14H,4,10-11H2,1-3H3. The number of rotatable bonds is 4. The van der Waals surface area contributed by atoms with E-state index in [4.69, 9.17) is 21.1 Å². The second-order valence-corrected chi connectivity index (χ2v) is 7.05. The predicted octanol–water partition coefficient (Wildman–Crippen LogP) is 3.18. The van der Waals surface area contributed by atoms with Crippen molar-refractivity contribution >= 4 is 23.5 Å². The van der Waals surface area contributed by atoms with E-state index >= 15 is 0 Å². The van der Waals surface area contributed by atoms with Crippen LogP contribution in [-0.4, -0.2) is 54.7 Å². The van der Waals surface area contributed by atoms with Crippen LogP contribution < -0.4 is 0 Å². The van der Waals surface area contributed by atoms with E-state index in [0.717, 1.165) is 5.56 Å². The lowest BCUT2D eigenvalue weighted by molar-refractivity contribution is -0.139. The van der Waals surface area contributed by atoms with Crippen LogP contribution in [-0.2, 0) is 14.3 Å². The van der Waals surface area contributed by atoms with Gasteiger partial charge in [0.1, 0.15) is 0 Å². The lowest BCUT2D eigenvalue weighted by Crippen LogP contribution is -2.39. The molecule has 6 nitrogen and oxygen atoms in total. The molecule has 1 aliphatic heterocycles. The van der Waals surface area contributed by atoms with Crippen molar-refractivity contribution in [2.24, 2.45) is 0 Å². The molecule has 2 aromatic rings. The molecule has 0 spiro atoms. The van der Waals surface area contributed by atoms with E-state index in [1.165, 1.54) is 13.2 Å². The maximum Gasteiger partial charge on any atom is 0.356 e. The van der Waals surface area contributed by atoms with Gasteiger partial charge in [-0.25, -0.2) is 9.78 Å². The summed E-state index contributed by atoms with van der Waals surface area (Å²) in [7, 11) is 3.23. The van der Waals surface area contributed by atoms with Crippen LogP contribution in [0.15, 0.2) is 36.4 Å². The zero-order chi connectivity index (χ0) is 21.0. The summed E-state index contributed by atoms with van der Waals surface area (Å²) in [5.74, 6) is 5.36. The summed E-state index contributed by atoms with van der Waals surface area (Å²) < 4.78 is 10.5. The van der Waals surface area contributed by atoms with Crippen LogP contribution in [0.2, 0.25) is 5.02 Å². The van der Waals surface area contributed by atoms with Crippen LogP contribution in [0.25, 0.3) is 11.3 Å². The number of nitrogens with zero attached hydrogens (tertiary/aromatic N) is 2. The molecule has 150 valence electrons. The van der Waals surface area contributed by atoms with E-state index in [-0.39, 0.29) is 18.2 Å². The maximum absolute atomic E-state index is 12.4. The topological polar surface area (TPSA) is 68.7 Å². The summed E-state index contributed by atoms with van der Waals surface area (Å²) in [4.78, 5) is 30.4. The molecule has 1 atom stereocenters. The number of methoxy groups -OCH3 is 1. The van der Waals surface area contributed by atoms with Crippen molar-refractivity contribution in [3.8, 4) is 23.1 Å². The second-order valence-electron chi connectivity index (χ2n) is 6.61. The zero-order valence-electron chi connectivity index (χ0n) is 16.5. The fraction of sp³-hybridized carbons (Fsp3) is 0.318. The summed E-state index contributed by atoms with van der Waals surface area (Å²) in [6.07, 6.45) is 0.518. The van der Waals surface area contributed by atoms with Gasteiger partial charge in [-0.15, -0.1) is 0 Å². The lowest BCUT2D eigenvalue weighted by Gasteiger charge is -2.18. The average Bonchev–Trinajstić information content (AvgIpc) is 3.01. The molecule has 1 unspecified atom stereocenters. The molecule has 0 radical (unpaired) electrons. The minimum absolute atomic E-state index is 0.140. The molecule has 7 heteroatoms. The predicted molar refractivity (Wildman–Crippen MR) is 110 cm³/mol. The number of carbonyl (C=O) groups is 2. The Morgan fingerprint density at radius 1 is 1.34 bits per heavy atom. The number of amides is 1. The van der Waals surface area contributed by atoms with Crippen molar-refractivity contribution in [3.05, 3.63) is 52.7 Å². The third kappa shape index (κ3) is 4.42. The van der Waals surface area contributed by atoms with Crippen molar-refractivity contribution in [3.63, 3.8) is 0 Å². The molecular formula is C22H21ClN2O4. The Kier molecular flexibility index (Phi) is 6.21. The number of carbonyl (C=O) groups excluding carboxylic acids is 2. The Balaban J connectivity index is 1.94. The highest BCUT2D eigenvalue weighted by Gasteiger charge is 2.44. The van der Waals surface area contributed by atoms with Crippen molar-refractivity contribution in [2.45, 2.75) is 18.9 Å². The van der Waals surface area contributed by atoms with Crippen LogP contribution in [0.5, 0.6) is 0 Å². The Morgan fingerprint density at radius 3 is 2.79 bits per heavy atom. The molecule has 1 aromatic heterocycles. The molecule has 0 N–H and O–H groups in total. The highest BCUT2D eigenvalue weighted by molar-refractivity contribution is 6.31. The number of pyridine rings is 1. The van der Waals surface area contributed by atoms with Gasteiger partial charge in [0, 0.05) is 43.3 Å². The Hall–Kier alpha value is -2.88. The first kappa shape index (κ1) is 20.8. The SMILES string of the molecule is CCOC(=O)c1cc(Cl)cc(-c2cccc(C#CC3(OC)CCN(C)C3=O)c2)n1. The first-order chi connectivity index (χ1) is 13.9. The molecule has 0 aliphatic carbocycles. The minimum atomic E-state index is -1.11. The van der Waals surface area contributed by atoms with Gasteiger partial charge < -0.3 is 14.4 Å². The van der Waals surface area contributed by atoms with Gasteiger partial charge in [-0.1, -0.05) is 35.6 Å². The summed E-state index contributed by atoms with van der Waals surface area (Å²) in [5, 5.41) is 0.382. The molecule has 1 amide bonds. The van der Waals surface area contributed by atoms with Gasteiger partial charge in [0.05, 0.1) is 12.3 Å². The second kappa shape index (κ2) is 8.64. The summed E-state index contributed by atoms with van der Waals surface area (Å²) in [6, 6.07) is 10.5. The van der Waals surface area contributed by atoms with Crippen molar-refractivity contribution in [2.75, 3.05) is 27.3 Å². The number of ether oxygens (including phenoxy) is 2. The van der Waals surface area contributed by atoms with Gasteiger partial charge >= 0.3 is 5.97 Å². The highest BCUT2D eigenvalue weighted by Crippen LogP contribution is 2.26. The first-order valence-corrected chi connectivity index (χ1v) is 9.55. The molecular weight excluding hydrogens is 392 g/mol. The van der Waals surface area contributed by atoms with Crippen molar-refractivity contribution in [1.29, 1.82) is 0 Å². The quantitative estimate of drug-likeness (QED) is 0.570. The average molecular weight is 413 g/mol. The fourth-order valence-corrected chi connectivity index (χ4v) is 3.29. The van der Waals surface area contributed by atoms with Gasteiger partial charge in [0.2, 0.25) is 5.60 Å². The molecule has 29 heavy (non-hydrogen) atoms. The Morgan fingerprint density at radius 2 is 2.14 bits per heavy atom. The van der Waals surface area contributed by atoms with Gasteiger partial charge in [-0.3, -0.25) is 4.79 Å². The summed E-state index contributed by atoms with van der Waals surface area (Å²) >= 11 is 6.16. The largest absolute Gasteiger partial charge is 0.461 e. The van der Waals surface area contributed by atoms with E-state index in [9.17, 15) is 9.59 Å². The third-order valence-electron chi connectivity index (χ3n) is 4.68. The molecule has 1 aromatic carbocycles. The number of likely N-dealkylation sites (tertiary alicyclic amines) is 1. The molecule has 0 saturated carbocycles. The summed E-state index contributed by atoms with van der Waals surface area (Å²) in [6.45, 7) is 2.58. The van der Waals surface area contributed by atoms with E-state index in [1.54, 1.807) is 24.9 Å². The maximum atomic E-state index is 12.4. The third-order valence-corrected chi connectivity index (χ3v) is 4.90. The van der Waals surface area contributed by atoms with Gasteiger partial charge in [0.15, 0.2) is 5.69 Å². The lowest BCUT2D eigenvalue weighted by atomic mass is 10.0. The normalized spacial score (nSPS) is 18.3. The first-order valence-electron chi connectivity index (χ1n) is 9.17. The minimum Gasteiger partial charge on any atom is -0.461 e. The van der Waals surface area contributed by atoms with E-state index in [2.05, 4.69) is 16.8 Å². The van der Waals surface area contributed by atoms with Crippen LogP contribution in [0, 0.1) is 11.8 Å². The number of likely N-dealkylation sites (N-methyl/N-ethyl adjacent to an activating group) is 1. The van der Waals surface area contributed by atoms with Crippen LogP contribution in [0.3, 0.4) is 0 Å². The molecule has 3 rings (SSSR count). The highest BCUT2D eigenvalue weighted by atomic mass is 35.5.